The van der Waals surface area contributed by atoms with E-state index in [9.17, 15) is 14.4 Å². The van der Waals surface area contributed by atoms with Crippen LogP contribution in [0.3, 0.4) is 0 Å². The number of barbiturate groups is 1. The minimum Gasteiger partial charge on any atom is -0.497 e. The molecule has 8 nitrogen and oxygen atoms in total. The molecule has 8 heteroatoms. The van der Waals surface area contributed by atoms with E-state index in [1.54, 1.807) is 25.3 Å². The Balaban J connectivity index is 1.21. The minimum absolute atomic E-state index is 0.0767. The lowest BCUT2D eigenvalue weighted by Crippen LogP contribution is -2.54. The van der Waals surface area contributed by atoms with E-state index in [1.165, 1.54) is 22.9 Å². The number of rotatable bonds is 8. The van der Waals surface area contributed by atoms with Crippen LogP contribution in [-0.2, 0) is 16.2 Å². The zero-order valence-electron chi connectivity index (χ0n) is 29.2. The second-order valence-electron chi connectivity index (χ2n) is 13.6. The third-order valence-corrected chi connectivity index (χ3v) is 10.4. The molecular formula is C44H39N3O5. The Morgan fingerprint density at radius 2 is 1.38 bits per heavy atom. The van der Waals surface area contributed by atoms with Gasteiger partial charge in [0.25, 0.3) is 11.8 Å². The van der Waals surface area contributed by atoms with E-state index in [0.29, 0.717) is 22.7 Å². The van der Waals surface area contributed by atoms with Gasteiger partial charge in [0.15, 0.2) is 0 Å². The Kier molecular flexibility index (Phi) is 8.81. The molecule has 0 unspecified atom stereocenters. The lowest BCUT2D eigenvalue weighted by atomic mass is 9.76. The number of carbonyl (C=O) groups is 3. The molecule has 0 bridgehead atoms. The number of nitrogens with zero attached hydrogens (tertiary/aromatic N) is 2. The van der Waals surface area contributed by atoms with Gasteiger partial charge in [0.05, 0.1) is 12.8 Å². The fourth-order valence-electron chi connectivity index (χ4n) is 7.75. The number of benzene rings is 5. The summed E-state index contributed by atoms with van der Waals surface area (Å²) >= 11 is 0. The number of nitrogens with one attached hydrogen (secondary N) is 1. The van der Waals surface area contributed by atoms with Gasteiger partial charge in [-0.05, 0) is 77.9 Å². The van der Waals surface area contributed by atoms with E-state index in [1.807, 2.05) is 79.7 Å². The van der Waals surface area contributed by atoms with E-state index in [0.717, 1.165) is 53.1 Å². The molecule has 5 aromatic rings. The van der Waals surface area contributed by atoms with E-state index < -0.39 is 17.8 Å². The maximum Gasteiger partial charge on any atom is 0.335 e. The van der Waals surface area contributed by atoms with Gasteiger partial charge in [-0.25, -0.2) is 9.69 Å². The highest BCUT2D eigenvalue weighted by Crippen LogP contribution is 2.50. The Labute approximate surface area is 303 Å². The Hall–Kier alpha value is -6.15. The summed E-state index contributed by atoms with van der Waals surface area (Å²) in [5.41, 5.74) is 8.59. The molecule has 1 N–H and O–H groups in total. The lowest BCUT2D eigenvalue weighted by Gasteiger charge is -2.44. The summed E-state index contributed by atoms with van der Waals surface area (Å²) in [6.45, 7) is 4.13. The molecule has 0 saturated carbocycles. The van der Waals surface area contributed by atoms with E-state index in [-0.39, 0.29) is 24.0 Å². The zero-order chi connectivity index (χ0) is 35.8. The molecule has 3 aliphatic rings. The van der Waals surface area contributed by atoms with Crippen LogP contribution in [0.4, 0.5) is 16.2 Å². The smallest absolute Gasteiger partial charge is 0.335 e. The van der Waals surface area contributed by atoms with E-state index in [4.69, 9.17) is 9.47 Å². The Bertz CT molecular complexity index is 2120. The molecular weight excluding hydrogens is 651 g/mol. The average Bonchev–Trinajstić information content (AvgIpc) is 3.17. The fourth-order valence-corrected chi connectivity index (χ4v) is 7.75. The first kappa shape index (κ1) is 33.0. The number of hydrogen-bond donors (Lipinski definition) is 1. The summed E-state index contributed by atoms with van der Waals surface area (Å²) in [6.07, 6.45) is 3.30. The minimum atomic E-state index is -0.777. The number of imide groups is 2. The van der Waals surface area contributed by atoms with Crippen LogP contribution < -0.4 is 24.6 Å². The number of methoxy groups -OCH3 is 1. The van der Waals surface area contributed by atoms with Crippen molar-refractivity contribution in [3.8, 4) is 11.5 Å². The first-order valence-electron chi connectivity index (χ1n) is 17.7. The molecule has 0 aromatic heterocycles. The molecule has 4 amide bonds. The molecule has 3 aliphatic heterocycles. The normalized spacial score (nSPS) is 19.0. The van der Waals surface area contributed by atoms with Gasteiger partial charge in [0, 0.05) is 42.2 Å². The highest BCUT2D eigenvalue weighted by atomic mass is 16.5. The Morgan fingerprint density at radius 3 is 1.98 bits per heavy atom. The van der Waals surface area contributed by atoms with Crippen LogP contribution in [0.2, 0.25) is 0 Å². The van der Waals surface area contributed by atoms with Crippen LogP contribution in [0, 0.1) is 6.92 Å². The monoisotopic (exact) mass is 689 g/mol. The van der Waals surface area contributed by atoms with E-state index in [2.05, 4.69) is 34.5 Å². The number of urea groups is 1. The first-order chi connectivity index (χ1) is 25.4. The molecule has 1 fully saturated rings. The van der Waals surface area contributed by atoms with Crippen molar-refractivity contribution in [3.05, 3.63) is 160 Å². The van der Waals surface area contributed by atoms with Crippen molar-refractivity contribution < 1.29 is 23.9 Å². The SMILES string of the molecule is COc1ccc(/C=C2\C(=O)NC(=O)N(c3cc4c5c(c3)[C@H](c3ccccc3)CCN5CC[C@H]4c3ccccc3)C2=O)c(OCc2ccc(C)cc2)c1. The van der Waals surface area contributed by atoms with Gasteiger partial charge < -0.3 is 14.4 Å². The van der Waals surface area contributed by atoms with E-state index >= 15 is 0 Å². The number of ether oxygens (including phenoxy) is 2. The number of amides is 4. The molecule has 0 spiro atoms. The molecule has 1 saturated heterocycles. The van der Waals surface area contributed by atoms with Crippen LogP contribution in [0.1, 0.15) is 63.6 Å². The average molecular weight is 690 g/mol. The third-order valence-electron chi connectivity index (χ3n) is 10.4. The summed E-state index contributed by atoms with van der Waals surface area (Å²) in [7, 11) is 1.56. The van der Waals surface area contributed by atoms with Crippen molar-refractivity contribution in [1.29, 1.82) is 0 Å². The summed E-state index contributed by atoms with van der Waals surface area (Å²) in [5, 5.41) is 2.44. The van der Waals surface area contributed by atoms with Crippen molar-refractivity contribution in [2.24, 2.45) is 0 Å². The summed E-state index contributed by atoms with van der Waals surface area (Å²) in [6, 6.07) is 37.2. The largest absolute Gasteiger partial charge is 0.497 e. The number of aryl methyl sites for hydroxylation is 1. The van der Waals surface area contributed by atoms with Crippen LogP contribution in [-0.4, -0.2) is 38.0 Å². The summed E-state index contributed by atoms with van der Waals surface area (Å²) in [4.78, 5) is 45.1. The van der Waals surface area contributed by atoms with Crippen molar-refractivity contribution in [2.45, 2.75) is 38.2 Å². The van der Waals surface area contributed by atoms with Crippen molar-refractivity contribution in [3.63, 3.8) is 0 Å². The highest BCUT2D eigenvalue weighted by molar-refractivity contribution is 6.39. The maximum absolute atomic E-state index is 14.4. The standard InChI is InChI=1S/C44H39N3O5/c1-28-13-15-29(16-14-28)27-52-40-26-34(51-2)18-17-32(40)23-39-42(48)45-44(50)47(43(39)49)33-24-37-35(30-9-5-3-6-10-30)19-21-46-22-20-36(38(25-33)41(37)46)31-11-7-4-8-12-31/h3-18,23-26,35-36H,19-22,27H2,1-2H3,(H,45,48,50)/b39-23+/t35-,36-/m0/s1. The molecule has 5 aromatic carbocycles. The van der Waals surface area contributed by atoms with Crippen LogP contribution >= 0.6 is 0 Å². The quantitative estimate of drug-likeness (QED) is 0.131. The highest BCUT2D eigenvalue weighted by Gasteiger charge is 2.40. The predicted molar refractivity (Wildman–Crippen MR) is 202 cm³/mol. The van der Waals surface area contributed by atoms with Crippen LogP contribution in [0.25, 0.3) is 6.08 Å². The second kappa shape index (κ2) is 13.9. The molecule has 0 aliphatic carbocycles. The van der Waals surface area contributed by atoms with Crippen LogP contribution in [0.15, 0.2) is 121 Å². The van der Waals surface area contributed by atoms with Gasteiger partial charge in [-0.15, -0.1) is 0 Å². The lowest BCUT2D eigenvalue weighted by molar-refractivity contribution is -0.122. The van der Waals surface area contributed by atoms with Crippen molar-refractivity contribution >= 4 is 35.3 Å². The molecule has 8 rings (SSSR count). The number of anilines is 2. The molecule has 0 radical (unpaired) electrons. The molecule has 2 atom stereocenters. The second-order valence-corrected chi connectivity index (χ2v) is 13.6. The van der Waals surface area contributed by atoms with Crippen molar-refractivity contribution in [2.75, 3.05) is 30.0 Å². The zero-order valence-corrected chi connectivity index (χ0v) is 29.2. The topological polar surface area (TPSA) is 88.2 Å². The van der Waals surface area contributed by atoms with Gasteiger partial charge in [0.2, 0.25) is 0 Å². The van der Waals surface area contributed by atoms with Crippen LogP contribution in [0.5, 0.6) is 11.5 Å². The maximum atomic E-state index is 14.4. The van der Waals surface area contributed by atoms with Gasteiger partial charge in [-0.3, -0.25) is 14.9 Å². The van der Waals surface area contributed by atoms with Gasteiger partial charge in [-0.2, -0.15) is 0 Å². The Morgan fingerprint density at radius 1 is 0.769 bits per heavy atom. The fraction of sp³-hybridized carbons (Fsp3) is 0.205. The van der Waals surface area contributed by atoms with Gasteiger partial charge in [0.1, 0.15) is 23.7 Å². The third kappa shape index (κ3) is 6.21. The van der Waals surface area contributed by atoms with Gasteiger partial charge in [-0.1, -0.05) is 90.5 Å². The van der Waals surface area contributed by atoms with Gasteiger partial charge >= 0.3 is 6.03 Å². The molecule has 3 heterocycles. The predicted octanol–water partition coefficient (Wildman–Crippen LogP) is 8.13. The number of hydrogen-bond acceptors (Lipinski definition) is 6. The van der Waals surface area contributed by atoms with Crippen molar-refractivity contribution in [1.82, 2.24) is 5.32 Å². The first-order valence-corrected chi connectivity index (χ1v) is 17.7. The molecule has 260 valence electrons. The number of carbonyl (C=O) groups excluding carboxylic acids is 3. The molecule has 52 heavy (non-hydrogen) atoms. The summed E-state index contributed by atoms with van der Waals surface area (Å²) < 4.78 is 11.7. The summed E-state index contributed by atoms with van der Waals surface area (Å²) in [5.74, 6) is -0.305.